The van der Waals surface area contributed by atoms with Crippen molar-refractivity contribution in [2.24, 2.45) is 7.05 Å². The predicted molar refractivity (Wildman–Crippen MR) is 57.3 cm³/mol. The van der Waals surface area contributed by atoms with E-state index in [-0.39, 0.29) is 0 Å². The van der Waals surface area contributed by atoms with Crippen LogP contribution < -0.4 is 5.32 Å². The first kappa shape index (κ1) is 8.99. The number of aryl methyl sites for hydroxylation is 1. The number of hydrogen-bond donors (Lipinski definition) is 1. The number of rotatable bonds is 2. The summed E-state index contributed by atoms with van der Waals surface area (Å²) in [7, 11) is 1.98. The van der Waals surface area contributed by atoms with Crippen LogP contribution in [0.4, 0.5) is 5.82 Å². The number of nitrogens with zero attached hydrogens (tertiary/aromatic N) is 3. The molecular weight excluding hydrogens is 176 g/mol. The molecule has 0 bridgehead atoms. The van der Waals surface area contributed by atoms with Crippen molar-refractivity contribution in [3.63, 3.8) is 0 Å². The Kier molecular flexibility index (Phi) is 2.11. The van der Waals surface area contributed by atoms with Gasteiger partial charge in [0.25, 0.3) is 0 Å². The van der Waals surface area contributed by atoms with Gasteiger partial charge in [-0.3, -0.25) is 0 Å². The minimum atomic E-state index is 0.370. The fraction of sp³-hybridized carbons (Fsp3) is 0.400. The molecule has 4 nitrogen and oxygen atoms in total. The number of hydrogen-bond acceptors (Lipinski definition) is 3. The molecule has 0 atom stereocenters. The highest BCUT2D eigenvalue weighted by Crippen LogP contribution is 2.18. The van der Waals surface area contributed by atoms with Crippen LogP contribution >= 0.6 is 0 Å². The second-order valence-corrected chi connectivity index (χ2v) is 3.68. The topological polar surface area (TPSA) is 42.7 Å². The fourth-order valence-corrected chi connectivity index (χ4v) is 1.44. The normalized spacial score (nSPS) is 11.1. The van der Waals surface area contributed by atoms with Crippen LogP contribution in [0, 0.1) is 0 Å². The molecule has 0 saturated carbocycles. The van der Waals surface area contributed by atoms with Gasteiger partial charge in [0.2, 0.25) is 0 Å². The summed E-state index contributed by atoms with van der Waals surface area (Å²) in [5.74, 6) is 0.859. The van der Waals surface area contributed by atoms with Crippen molar-refractivity contribution < 1.29 is 0 Å². The summed E-state index contributed by atoms with van der Waals surface area (Å²) in [6.07, 6.45) is 3.60. The van der Waals surface area contributed by atoms with Crippen molar-refractivity contribution in [2.45, 2.75) is 19.9 Å². The molecule has 14 heavy (non-hydrogen) atoms. The third-order valence-electron chi connectivity index (χ3n) is 2.07. The van der Waals surface area contributed by atoms with Gasteiger partial charge in [-0.25, -0.2) is 9.97 Å². The zero-order chi connectivity index (χ0) is 10.1. The van der Waals surface area contributed by atoms with Gasteiger partial charge in [-0.15, -0.1) is 0 Å². The van der Waals surface area contributed by atoms with Gasteiger partial charge >= 0.3 is 0 Å². The lowest BCUT2D eigenvalue weighted by Crippen LogP contribution is -2.11. The molecule has 2 aromatic rings. The summed E-state index contributed by atoms with van der Waals surface area (Å²) >= 11 is 0. The maximum atomic E-state index is 4.31. The minimum absolute atomic E-state index is 0.370. The van der Waals surface area contributed by atoms with E-state index in [9.17, 15) is 0 Å². The molecule has 0 aliphatic carbocycles. The molecule has 0 aliphatic heterocycles. The van der Waals surface area contributed by atoms with E-state index in [1.165, 1.54) is 0 Å². The second-order valence-electron chi connectivity index (χ2n) is 3.68. The number of anilines is 1. The van der Waals surface area contributed by atoms with Crippen molar-refractivity contribution in [2.75, 3.05) is 5.32 Å². The van der Waals surface area contributed by atoms with Crippen molar-refractivity contribution in [1.82, 2.24) is 14.5 Å². The van der Waals surface area contributed by atoms with Crippen LogP contribution in [0.2, 0.25) is 0 Å². The average Bonchev–Trinajstić information content (AvgIpc) is 2.49. The SMILES string of the molecule is CC(C)Nc1nccc2c1ncn2C. The third kappa shape index (κ3) is 1.43. The minimum Gasteiger partial charge on any atom is -0.366 e. The van der Waals surface area contributed by atoms with Gasteiger partial charge in [-0.05, 0) is 19.9 Å². The van der Waals surface area contributed by atoms with Crippen LogP contribution in [0.1, 0.15) is 13.8 Å². The lowest BCUT2D eigenvalue weighted by Gasteiger charge is -2.08. The summed E-state index contributed by atoms with van der Waals surface area (Å²) in [4.78, 5) is 8.58. The van der Waals surface area contributed by atoms with E-state index < -0.39 is 0 Å². The van der Waals surface area contributed by atoms with Crippen LogP contribution in [0.25, 0.3) is 11.0 Å². The molecule has 74 valence electrons. The van der Waals surface area contributed by atoms with E-state index in [0.29, 0.717) is 6.04 Å². The Bertz CT molecular complexity index is 444. The van der Waals surface area contributed by atoms with Gasteiger partial charge in [0.1, 0.15) is 5.52 Å². The van der Waals surface area contributed by atoms with Gasteiger partial charge in [0.05, 0.1) is 11.8 Å². The van der Waals surface area contributed by atoms with E-state index in [0.717, 1.165) is 16.9 Å². The number of fused-ring (bicyclic) bond motifs is 1. The van der Waals surface area contributed by atoms with E-state index >= 15 is 0 Å². The largest absolute Gasteiger partial charge is 0.366 e. The summed E-state index contributed by atoms with van der Waals surface area (Å²) < 4.78 is 1.99. The van der Waals surface area contributed by atoms with Crippen LogP contribution in [0.3, 0.4) is 0 Å². The standard InChI is InChI=1S/C10H14N4/c1-7(2)13-10-9-8(4-5-11-10)14(3)6-12-9/h4-7H,1-3H3,(H,11,13). The predicted octanol–water partition coefficient (Wildman–Crippen LogP) is 1.79. The molecule has 0 saturated heterocycles. The molecule has 0 fully saturated rings. The van der Waals surface area contributed by atoms with Crippen LogP contribution in [-0.2, 0) is 7.05 Å². The van der Waals surface area contributed by atoms with E-state index in [4.69, 9.17) is 0 Å². The highest BCUT2D eigenvalue weighted by Gasteiger charge is 2.06. The molecule has 1 N–H and O–H groups in total. The zero-order valence-electron chi connectivity index (χ0n) is 8.65. The Labute approximate surface area is 83.0 Å². The average molecular weight is 190 g/mol. The molecular formula is C10H14N4. The number of imidazole rings is 1. The van der Waals surface area contributed by atoms with Crippen molar-refractivity contribution in [3.05, 3.63) is 18.6 Å². The van der Waals surface area contributed by atoms with Gasteiger partial charge in [-0.1, -0.05) is 0 Å². The Morgan fingerprint density at radius 3 is 2.86 bits per heavy atom. The van der Waals surface area contributed by atoms with Gasteiger partial charge < -0.3 is 9.88 Å². The monoisotopic (exact) mass is 190 g/mol. The Hall–Kier alpha value is -1.58. The molecule has 2 rings (SSSR count). The molecule has 4 heteroatoms. The maximum Gasteiger partial charge on any atom is 0.154 e. The molecule has 0 aliphatic rings. The first-order valence-electron chi connectivity index (χ1n) is 4.71. The summed E-state index contributed by atoms with van der Waals surface area (Å²) in [5.41, 5.74) is 2.03. The summed E-state index contributed by atoms with van der Waals surface area (Å²) in [6.45, 7) is 4.17. The van der Waals surface area contributed by atoms with E-state index in [1.807, 2.05) is 17.7 Å². The van der Waals surface area contributed by atoms with Crippen LogP contribution in [0.15, 0.2) is 18.6 Å². The maximum absolute atomic E-state index is 4.31. The molecule has 0 unspecified atom stereocenters. The third-order valence-corrected chi connectivity index (χ3v) is 2.07. The molecule has 0 spiro atoms. The Balaban J connectivity index is 2.54. The fourth-order valence-electron chi connectivity index (χ4n) is 1.44. The molecule has 2 aromatic heterocycles. The van der Waals surface area contributed by atoms with Gasteiger partial charge in [0.15, 0.2) is 5.82 Å². The van der Waals surface area contributed by atoms with E-state index in [1.54, 1.807) is 12.5 Å². The number of aromatic nitrogens is 3. The highest BCUT2D eigenvalue weighted by molar-refractivity contribution is 5.85. The molecule has 2 heterocycles. The summed E-state index contributed by atoms with van der Waals surface area (Å²) in [5, 5.41) is 3.27. The Morgan fingerprint density at radius 2 is 2.14 bits per heavy atom. The van der Waals surface area contributed by atoms with Crippen LogP contribution in [0.5, 0.6) is 0 Å². The van der Waals surface area contributed by atoms with Crippen LogP contribution in [-0.4, -0.2) is 20.6 Å². The molecule has 0 aromatic carbocycles. The highest BCUT2D eigenvalue weighted by atomic mass is 15.1. The van der Waals surface area contributed by atoms with Gasteiger partial charge in [0, 0.05) is 19.3 Å². The smallest absolute Gasteiger partial charge is 0.154 e. The first-order chi connectivity index (χ1) is 6.68. The zero-order valence-corrected chi connectivity index (χ0v) is 8.65. The number of pyridine rings is 1. The lowest BCUT2D eigenvalue weighted by molar-refractivity contribution is 0.891. The quantitative estimate of drug-likeness (QED) is 0.785. The van der Waals surface area contributed by atoms with Crippen molar-refractivity contribution in [1.29, 1.82) is 0 Å². The van der Waals surface area contributed by atoms with Crippen molar-refractivity contribution in [3.8, 4) is 0 Å². The molecule has 0 radical (unpaired) electrons. The second kappa shape index (κ2) is 3.29. The lowest BCUT2D eigenvalue weighted by atomic mass is 10.3. The van der Waals surface area contributed by atoms with Crippen molar-refractivity contribution >= 4 is 16.9 Å². The van der Waals surface area contributed by atoms with Gasteiger partial charge in [-0.2, -0.15) is 0 Å². The van der Waals surface area contributed by atoms with E-state index in [2.05, 4.69) is 29.1 Å². The number of nitrogens with one attached hydrogen (secondary N) is 1. The first-order valence-corrected chi connectivity index (χ1v) is 4.71. The Morgan fingerprint density at radius 1 is 1.36 bits per heavy atom. The molecule has 0 amide bonds. The summed E-state index contributed by atoms with van der Waals surface area (Å²) in [6, 6.07) is 2.34.